The summed E-state index contributed by atoms with van der Waals surface area (Å²) >= 11 is 0. The van der Waals surface area contributed by atoms with Gasteiger partial charge in [-0.05, 0) is 50.1 Å². The number of likely N-dealkylation sites (tertiary alicyclic amines) is 1. The van der Waals surface area contributed by atoms with Crippen molar-refractivity contribution >= 4 is 23.9 Å². The average molecular weight is 529 g/mol. The lowest BCUT2D eigenvalue weighted by atomic mass is 9.76. The van der Waals surface area contributed by atoms with E-state index < -0.39 is 35.4 Å². The Hall–Kier alpha value is -2.62. The lowest BCUT2D eigenvalue weighted by molar-refractivity contribution is -0.146. The van der Waals surface area contributed by atoms with Crippen LogP contribution in [-0.2, 0) is 23.9 Å². The van der Waals surface area contributed by atoms with Crippen LogP contribution in [0.5, 0.6) is 0 Å². The fourth-order valence-corrected chi connectivity index (χ4v) is 5.90. The highest BCUT2D eigenvalue weighted by Gasteiger charge is 2.48. The van der Waals surface area contributed by atoms with Gasteiger partial charge in [0.1, 0.15) is 12.1 Å². The topological polar surface area (TPSA) is 145 Å². The molecule has 1 aliphatic carbocycles. The van der Waals surface area contributed by atoms with Gasteiger partial charge in [-0.25, -0.2) is 0 Å². The van der Waals surface area contributed by atoms with Crippen LogP contribution in [-0.4, -0.2) is 66.6 Å². The van der Waals surface area contributed by atoms with Crippen molar-refractivity contribution < 1.29 is 23.9 Å². The van der Waals surface area contributed by atoms with Crippen LogP contribution in [0.4, 0.5) is 0 Å². The molecule has 1 saturated heterocycles. The highest BCUT2D eigenvalue weighted by Crippen LogP contribution is 2.34. The molecular formula is C29H44N4O5. The number of Topliss-reactive ketones (excluding diaryl/α,β-unsaturated/α-hetero) is 1. The van der Waals surface area contributed by atoms with Gasteiger partial charge in [0.05, 0.1) is 6.04 Å². The summed E-state index contributed by atoms with van der Waals surface area (Å²) in [6.07, 6.45) is 7.86. The van der Waals surface area contributed by atoms with Crippen LogP contribution in [0.25, 0.3) is 0 Å². The number of benzene rings is 1. The summed E-state index contributed by atoms with van der Waals surface area (Å²) in [5.41, 5.74) is 10.6. The van der Waals surface area contributed by atoms with E-state index in [0.29, 0.717) is 44.2 Å². The maximum atomic E-state index is 14.0. The third-order valence-electron chi connectivity index (χ3n) is 8.02. The number of nitrogens with zero attached hydrogens (tertiary/aromatic N) is 1. The predicted molar refractivity (Wildman–Crippen MR) is 145 cm³/mol. The molecule has 1 aromatic carbocycles. The Bertz CT molecular complexity index is 936. The molecule has 9 heteroatoms. The van der Waals surface area contributed by atoms with Crippen molar-refractivity contribution in [1.29, 1.82) is 0 Å². The van der Waals surface area contributed by atoms with Crippen molar-refractivity contribution in [2.45, 2.75) is 94.4 Å². The summed E-state index contributed by atoms with van der Waals surface area (Å²) in [6.45, 7) is 0.945. The predicted octanol–water partition coefficient (Wildman–Crippen LogP) is 2.41. The van der Waals surface area contributed by atoms with E-state index in [0.717, 1.165) is 44.9 Å². The Morgan fingerprint density at radius 1 is 1.11 bits per heavy atom. The van der Waals surface area contributed by atoms with E-state index >= 15 is 0 Å². The number of carbonyl (C=O) groups is 4. The van der Waals surface area contributed by atoms with Crippen LogP contribution >= 0.6 is 0 Å². The van der Waals surface area contributed by atoms with Crippen molar-refractivity contribution in [2.75, 3.05) is 20.2 Å². The lowest BCUT2D eigenvalue weighted by Gasteiger charge is -2.37. The second kappa shape index (κ2) is 14.5. The highest BCUT2D eigenvalue weighted by molar-refractivity contribution is 6.09. The van der Waals surface area contributed by atoms with Crippen LogP contribution in [0.15, 0.2) is 30.3 Å². The molecule has 2 fully saturated rings. The van der Waals surface area contributed by atoms with Gasteiger partial charge in [0, 0.05) is 13.7 Å². The largest absolute Gasteiger partial charge is 0.369 e. The zero-order valence-corrected chi connectivity index (χ0v) is 22.6. The van der Waals surface area contributed by atoms with Crippen LogP contribution in [0, 0.1) is 5.92 Å². The number of hydrogen-bond acceptors (Lipinski definition) is 7. The number of methoxy groups -OCH3 is 1. The van der Waals surface area contributed by atoms with Crippen LogP contribution in [0.2, 0.25) is 0 Å². The van der Waals surface area contributed by atoms with E-state index in [4.69, 9.17) is 16.2 Å². The summed E-state index contributed by atoms with van der Waals surface area (Å²) in [7, 11) is 1.43. The van der Waals surface area contributed by atoms with Crippen molar-refractivity contribution in [2.24, 2.45) is 17.4 Å². The number of carbonyl (C=O) groups excluding carboxylic acids is 4. The first-order valence-corrected chi connectivity index (χ1v) is 14.0. The lowest BCUT2D eigenvalue weighted by Crippen LogP contribution is -2.62. The second-order valence-electron chi connectivity index (χ2n) is 10.8. The normalized spacial score (nSPS) is 21.3. The minimum atomic E-state index is -1.75. The third kappa shape index (κ3) is 7.27. The first-order valence-electron chi connectivity index (χ1n) is 14.0. The molecule has 0 spiro atoms. The molecule has 0 unspecified atom stereocenters. The van der Waals surface area contributed by atoms with E-state index in [2.05, 4.69) is 5.32 Å². The molecule has 38 heavy (non-hydrogen) atoms. The maximum Gasteiger partial charge on any atom is 0.243 e. The Morgan fingerprint density at radius 2 is 1.82 bits per heavy atom. The number of nitrogens with one attached hydrogen (secondary N) is 1. The zero-order chi connectivity index (χ0) is 27.5. The summed E-state index contributed by atoms with van der Waals surface area (Å²) in [5.74, 6) is -1.14. The molecular weight excluding hydrogens is 484 g/mol. The van der Waals surface area contributed by atoms with E-state index in [1.165, 1.54) is 12.0 Å². The van der Waals surface area contributed by atoms with Gasteiger partial charge in [-0.2, -0.15) is 0 Å². The summed E-state index contributed by atoms with van der Waals surface area (Å²) in [6, 6.07) is 7.49. The number of rotatable bonds is 14. The van der Waals surface area contributed by atoms with Crippen molar-refractivity contribution in [3.8, 4) is 0 Å². The van der Waals surface area contributed by atoms with Gasteiger partial charge in [-0.1, -0.05) is 68.9 Å². The monoisotopic (exact) mass is 528 g/mol. The quantitative estimate of drug-likeness (QED) is 0.191. The molecule has 5 N–H and O–H groups in total. The van der Waals surface area contributed by atoms with Crippen molar-refractivity contribution in [1.82, 2.24) is 10.2 Å². The molecule has 1 aromatic rings. The molecule has 210 valence electrons. The Labute approximate surface area is 226 Å². The van der Waals surface area contributed by atoms with Crippen molar-refractivity contribution in [3.63, 3.8) is 0 Å². The summed E-state index contributed by atoms with van der Waals surface area (Å²) in [5, 5.41) is 2.84. The molecule has 1 aliphatic heterocycles. The third-order valence-corrected chi connectivity index (χ3v) is 8.02. The fourth-order valence-electron chi connectivity index (χ4n) is 5.90. The standard InChI is InChI=1S/C29H44N4O5/c1-38-25(22-13-6-3-7-14-22)26(35)29(20-34,19-21-11-4-2-5-12-21)32-27(36)24-16-10-18-33(24)28(37)23(31)15-8-9-17-30/h3,6-7,13-14,20-21,23-25H,2,4-5,8-12,15-19,30-31H2,1H3,(H,32,36)/t23-,24-,25-,29+/m0/s1. The Balaban J connectivity index is 1.85. The molecule has 9 nitrogen and oxygen atoms in total. The van der Waals surface area contributed by atoms with E-state index in [1.807, 2.05) is 6.07 Å². The summed E-state index contributed by atoms with van der Waals surface area (Å²) in [4.78, 5) is 55.2. The van der Waals surface area contributed by atoms with Gasteiger partial charge in [0.2, 0.25) is 11.8 Å². The first-order chi connectivity index (χ1) is 18.4. The molecule has 4 atom stereocenters. The number of ether oxygens (including phenoxy) is 1. The molecule has 0 bridgehead atoms. The molecule has 0 aromatic heterocycles. The minimum Gasteiger partial charge on any atom is -0.369 e. The first kappa shape index (κ1) is 29.9. The van der Waals surface area contributed by atoms with Gasteiger partial charge in [0.25, 0.3) is 0 Å². The smallest absolute Gasteiger partial charge is 0.243 e. The van der Waals surface area contributed by atoms with Gasteiger partial charge in [-0.15, -0.1) is 0 Å². The number of aldehydes is 1. The Morgan fingerprint density at radius 3 is 2.45 bits per heavy atom. The number of ketones is 1. The van der Waals surface area contributed by atoms with Crippen LogP contribution in [0.3, 0.4) is 0 Å². The van der Waals surface area contributed by atoms with Crippen LogP contribution < -0.4 is 16.8 Å². The maximum absolute atomic E-state index is 14.0. The molecule has 0 radical (unpaired) electrons. The molecule has 2 amide bonds. The number of hydrogen-bond donors (Lipinski definition) is 3. The van der Waals surface area contributed by atoms with E-state index in [9.17, 15) is 19.2 Å². The molecule has 2 aliphatic rings. The average Bonchev–Trinajstić information content (AvgIpc) is 3.44. The molecule has 1 heterocycles. The van der Waals surface area contributed by atoms with Gasteiger partial charge < -0.3 is 31.2 Å². The minimum absolute atomic E-state index is 0.128. The van der Waals surface area contributed by atoms with Crippen LogP contribution in [0.1, 0.15) is 82.3 Å². The van der Waals surface area contributed by atoms with E-state index in [1.54, 1.807) is 24.3 Å². The number of amides is 2. The highest BCUT2D eigenvalue weighted by atomic mass is 16.5. The van der Waals surface area contributed by atoms with E-state index in [-0.39, 0.29) is 18.2 Å². The number of unbranched alkanes of at least 4 members (excludes halogenated alkanes) is 1. The molecule has 1 saturated carbocycles. The zero-order valence-electron chi connectivity index (χ0n) is 22.6. The van der Waals surface area contributed by atoms with Crippen molar-refractivity contribution in [3.05, 3.63) is 35.9 Å². The second-order valence-corrected chi connectivity index (χ2v) is 10.8. The number of nitrogens with two attached hydrogens (primary N) is 2. The van der Waals surface area contributed by atoms with Gasteiger partial charge in [0.15, 0.2) is 17.6 Å². The molecule has 3 rings (SSSR count). The summed E-state index contributed by atoms with van der Waals surface area (Å²) < 4.78 is 5.59. The SMILES string of the molecule is CO[C@H](C(=O)[C@](C=O)(CC1CCCCC1)NC(=O)[C@@H]1CCCN1C(=O)[C@@H](N)CCCCN)c1ccccc1. The van der Waals surface area contributed by atoms with Gasteiger partial charge in [-0.3, -0.25) is 14.4 Å². The Kier molecular flexibility index (Phi) is 11.4. The fraction of sp³-hybridized carbons (Fsp3) is 0.655. The van der Waals surface area contributed by atoms with Gasteiger partial charge >= 0.3 is 0 Å².